The van der Waals surface area contributed by atoms with Gasteiger partial charge in [0.15, 0.2) is 11.1 Å². The molecule has 0 aromatic rings. The van der Waals surface area contributed by atoms with Crippen LogP contribution in [0.15, 0.2) is 0 Å². The topological polar surface area (TPSA) is 85.4 Å². The number of thiol groups is 1. The first kappa shape index (κ1) is 24.0. The third-order valence-electron chi connectivity index (χ3n) is 3.45. The van der Waals surface area contributed by atoms with Crippen LogP contribution in [0.5, 0.6) is 0 Å². The molecule has 0 aliphatic carbocycles. The molecule has 2 aliphatic heterocycles. The summed E-state index contributed by atoms with van der Waals surface area (Å²) in [5.41, 5.74) is -0.874. The molecular weight excluding hydrogens is 392 g/mol. The molecule has 2 fully saturated rings. The third-order valence-corrected chi connectivity index (χ3v) is 4.95. The normalized spacial score (nSPS) is 19.3. The lowest BCUT2D eigenvalue weighted by molar-refractivity contribution is 0.0130. The molecular formula is C17H32N2O6S2. The van der Waals surface area contributed by atoms with Crippen LogP contribution in [0.3, 0.4) is 0 Å². The maximum Gasteiger partial charge on any atom is 0.410 e. The smallest absolute Gasteiger partial charge is 0.410 e. The Morgan fingerprint density at radius 3 is 1.56 bits per heavy atom. The molecule has 0 radical (unpaired) electrons. The Kier molecular flexibility index (Phi) is 8.43. The van der Waals surface area contributed by atoms with Crippen LogP contribution in [0.25, 0.3) is 0 Å². The first-order valence-electron chi connectivity index (χ1n) is 8.81. The van der Waals surface area contributed by atoms with Crippen LogP contribution in [0.1, 0.15) is 41.5 Å². The second-order valence-corrected chi connectivity index (χ2v) is 10.7. The number of rotatable bonds is 2. The maximum absolute atomic E-state index is 11.5. The lowest BCUT2D eigenvalue weighted by Crippen LogP contribution is -2.56. The Balaban J connectivity index is 0.000000277. The maximum atomic E-state index is 11.5. The van der Waals surface area contributed by atoms with Crippen molar-refractivity contribution < 1.29 is 27.5 Å². The van der Waals surface area contributed by atoms with E-state index in [-0.39, 0.29) is 17.4 Å². The van der Waals surface area contributed by atoms with E-state index in [0.29, 0.717) is 31.4 Å². The van der Waals surface area contributed by atoms with Gasteiger partial charge in [-0.1, -0.05) is 0 Å². The molecule has 27 heavy (non-hydrogen) atoms. The zero-order valence-electron chi connectivity index (χ0n) is 17.2. The quantitative estimate of drug-likeness (QED) is 0.686. The number of ether oxygens (including phenoxy) is 2. The van der Waals surface area contributed by atoms with E-state index in [1.54, 1.807) is 4.90 Å². The summed E-state index contributed by atoms with van der Waals surface area (Å²) in [6, 6.07) is 0. The number of hydrogen-bond acceptors (Lipinski definition) is 7. The monoisotopic (exact) mass is 424 g/mol. The van der Waals surface area contributed by atoms with Gasteiger partial charge in [-0.3, -0.25) is 4.18 Å². The van der Waals surface area contributed by atoms with Crippen LogP contribution >= 0.6 is 12.6 Å². The van der Waals surface area contributed by atoms with Crippen molar-refractivity contribution in [3.8, 4) is 0 Å². The fourth-order valence-corrected chi connectivity index (χ4v) is 3.37. The summed E-state index contributed by atoms with van der Waals surface area (Å²) in [5, 5.41) is 0.250. The Hall–Kier alpha value is -1.00. The lowest BCUT2D eigenvalue weighted by Gasteiger charge is -2.38. The molecule has 0 bridgehead atoms. The van der Waals surface area contributed by atoms with Gasteiger partial charge in [-0.05, 0) is 41.5 Å². The van der Waals surface area contributed by atoms with Crippen molar-refractivity contribution >= 4 is 35.9 Å². The van der Waals surface area contributed by atoms with E-state index in [4.69, 9.17) is 9.47 Å². The highest BCUT2D eigenvalue weighted by molar-refractivity contribution is 7.81. The number of carbonyl (C=O) groups excluding carboxylic acids is 2. The first-order chi connectivity index (χ1) is 12.2. The summed E-state index contributed by atoms with van der Waals surface area (Å²) in [4.78, 5) is 25.9. The van der Waals surface area contributed by atoms with Crippen molar-refractivity contribution in [1.82, 2.24) is 9.80 Å². The van der Waals surface area contributed by atoms with Crippen molar-refractivity contribution in [3.05, 3.63) is 0 Å². The van der Waals surface area contributed by atoms with Crippen LogP contribution in [0.4, 0.5) is 9.59 Å². The van der Waals surface area contributed by atoms with Crippen LogP contribution in [-0.4, -0.2) is 81.2 Å². The molecule has 2 saturated heterocycles. The largest absolute Gasteiger partial charge is 0.444 e. The Morgan fingerprint density at radius 1 is 0.889 bits per heavy atom. The van der Waals surface area contributed by atoms with Crippen LogP contribution in [0, 0.1) is 0 Å². The van der Waals surface area contributed by atoms with Gasteiger partial charge in [0, 0.05) is 31.4 Å². The van der Waals surface area contributed by atoms with E-state index in [1.165, 1.54) is 12.0 Å². The Bertz CT molecular complexity index is 547. The van der Waals surface area contributed by atoms with Crippen LogP contribution in [-0.2, 0) is 24.7 Å². The molecule has 0 N–H and O–H groups in total. The average molecular weight is 425 g/mol. The molecule has 1 atom stereocenters. The van der Waals surface area contributed by atoms with Gasteiger partial charge in [0.05, 0.1) is 12.4 Å². The number of hydrogen-bond donors (Lipinski definition) is 1. The minimum atomic E-state index is -1.29. The average Bonchev–Trinajstić information content (AvgIpc) is 2.38. The fraction of sp³-hybridized carbons (Fsp3) is 0.882. The van der Waals surface area contributed by atoms with Crippen molar-refractivity contribution in [2.24, 2.45) is 0 Å². The number of carbonyl (C=O) groups is 2. The predicted octanol–water partition coefficient (Wildman–Crippen LogP) is 2.45. The molecule has 10 heteroatoms. The van der Waals surface area contributed by atoms with Gasteiger partial charge >= 0.3 is 12.2 Å². The van der Waals surface area contributed by atoms with Crippen molar-refractivity contribution in [3.63, 3.8) is 0 Å². The second kappa shape index (κ2) is 9.47. The first-order valence-corrected chi connectivity index (χ1v) is 10.5. The molecule has 0 aromatic heterocycles. The molecule has 8 nitrogen and oxygen atoms in total. The summed E-state index contributed by atoms with van der Waals surface area (Å²) >= 11 is 2.91. The second-order valence-electron chi connectivity index (χ2n) is 8.47. The summed E-state index contributed by atoms with van der Waals surface area (Å²) in [6.07, 6.45) is -0.584. The summed E-state index contributed by atoms with van der Waals surface area (Å²) in [7, 11) is 1.40. The molecule has 1 unspecified atom stereocenters. The van der Waals surface area contributed by atoms with Gasteiger partial charge in [-0.2, -0.15) is 12.6 Å². The summed E-state index contributed by atoms with van der Waals surface area (Å²) in [6.45, 7) is 13.3. The van der Waals surface area contributed by atoms with Gasteiger partial charge in [-0.15, -0.1) is 0 Å². The molecule has 158 valence electrons. The molecule has 2 heterocycles. The number of amides is 2. The van der Waals surface area contributed by atoms with E-state index in [0.717, 1.165) is 0 Å². The highest BCUT2D eigenvalue weighted by atomic mass is 32.2. The van der Waals surface area contributed by atoms with Crippen molar-refractivity contribution in [2.75, 3.05) is 33.3 Å². The van der Waals surface area contributed by atoms with Gasteiger partial charge in [0.1, 0.15) is 11.2 Å². The van der Waals surface area contributed by atoms with Crippen LogP contribution < -0.4 is 0 Å². The fourth-order valence-electron chi connectivity index (χ4n) is 2.10. The zero-order valence-corrected chi connectivity index (χ0v) is 18.9. The zero-order chi connectivity index (χ0) is 21.0. The predicted molar refractivity (Wildman–Crippen MR) is 107 cm³/mol. The molecule has 0 saturated carbocycles. The van der Waals surface area contributed by atoms with Crippen LogP contribution in [0.2, 0.25) is 0 Å². The van der Waals surface area contributed by atoms with Gasteiger partial charge in [0.2, 0.25) is 0 Å². The number of nitrogens with zero attached hydrogens (tertiary/aromatic N) is 2. The third kappa shape index (κ3) is 8.69. The van der Waals surface area contributed by atoms with Crippen molar-refractivity contribution in [1.29, 1.82) is 0 Å². The SMILES string of the molecule is CC(C)(C)OC(=O)N1CC(S)C1.COS(=O)C1CN(C(=O)OC(C)(C)C)C1. The van der Waals surface area contributed by atoms with E-state index >= 15 is 0 Å². The molecule has 2 rings (SSSR count). The van der Waals surface area contributed by atoms with E-state index in [1.807, 2.05) is 41.5 Å². The molecule has 0 aromatic carbocycles. The summed E-state index contributed by atoms with van der Waals surface area (Å²) < 4.78 is 26.1. The molecule has 0 spiro atoms. The Morgan fingerprint density at radius 2 is 1.26 bits per heavy atom. The van der Waals surface area contributed by atoms with E-state index < -0.39 is 22.3 Å². The number of likely N-dealkylation sites (tertiary alicyclic amines) is 2. The molecule has 2 aliphatic rings. The van der Waals surface area contributed by atoms with E-state index in [2.05, 4.69) is 16.8 Å². The Labute approximate surface area is 169 Å². The van der Waals surface area contributed by atoms with E-state index in [9.17, 15) is 13.8 Å². The summed E-state index contributed by atoms with van der Waals surface area (Å²) in [5.74, 6) is 0. The highest BCUT2D eigenvalue weighted by Gasteiger charge is 2.37. The van der Waals surface area contributed by atoms with Gasteiger partial charge in [0.25, 0.3) is 0 Å². The minimum Gasteiger partial charge on any atom is -0.444 e. The van der Waals surface area contributed by atoms with Crippen molar-refractivity contribution in [2.45, 2.75) is 63.2 Å². The molecule has 2 amide bonds. The minimum absolute atomic E-state index is 0.0810. The van der Waals surface area contributed by atoms with Gasteiger partial charge in [-0.25, -0.2) is 13.8 Å². The lowest BCUT2D eigenvalue weighted by atomic mass is 10.2. The highest BCUT2D eigenvalue weighted by Crippen LogP contribution is 2.19. The standard InChI is InChI=1S/C9H17NO4S.C8H15NO2S/c1-9(2,3)14-8(11)10-5-7(6-10)15(12)13-4;1-8(2,3)11-7(10)9-4-6(12)5-9/h7H,5-6H2,1-4H3;6,12H,4-5H2,1-3H3. The van der Waals surface area contributed by atoms with Gasteiger partial charge < -0.3 is 19.3 Å².